The summed E-state index contributed by atoms with van der Waals surface area (Å²) in [4.78, 5) is 32.2. The first kappa shape index (κ1) is 13.3. The molecule has 0 saturated heterocycles. The SMILES string of the molecule is CC(=O)N(C(C)=O)c1nc(C)cc(C(C)C)n1. The summed E-state index contributed by atoms with van der Waals surface area (Å²) in [7, 11) is 0. The average molecular weight is 235 g/mol. The van der Waals surface area contributed by atoms with Gasteiger partial charge in [-0.05, 0) is 18.9 Å². The number of hydrogen-bond donors (Lipinski definition) is 0. The van der Waals surface area contributed by atoms with Crippen molar-refractivity contribution in [3.63, 3.8) is 0 Å². The third-order valence-corrected chi connectivity index (χ3v) is 2.28. The van der Waals surface area contributed by atoms with Gasteiger partial charge in [0, 0.05) is 25.2 Å². The third-order valence-electron chi connectivity index (χ3n) is 2.28. The van der Waals surface area contributed by atoms with E-state index in [9.17, 15) is 9.59 Å². The number of hydrogen-bond acceptors (Lipinski definition) is 4. The molecule has 5 heteroatoms. The maximum absolute atomic E-state index is 11.4. The molecule has 5 nitrogen and oxygen atoms in total. The van der Waals surface area contributed by atoms with Crippen LogP contribution in [0.5, 0.6) is 0 Å². The van der Waals surface area contributed by atoms with Crippen LogP contribution in [-0.4, -0.2) is 21.8 Å². The minimum absolute atomic E-state index is 0.161. The molecule has 0 aliphatic carbocycles. The zero-order valence-electron chi connectivity index (χ0n) is 10.8. The molecule has 0 aromatic carbocycles. The molecule has 1 aromatic heterocycles. The van der Waals surface area contributed by atoms with Crippen LogP contribution in [0.25, 0.3) is 0 Å². The van der Waals surface area contributed by atoms with Crippen molar-refractivity contribution in [2.75, 3.05) is 4.90 Å². The van der Waals surface area contributed by atoms with E-state index in [4.69, 9.17) is 0 Å². The van der Waals surface area contributed by atoms with Crippen molar-refractivity contribution < 1.29 is 9.59 Å². The van der Waals surface area contributed by atoms with Crippen LogP contribution in [0.1, 0.15) is 45.0 Å². The highest BCUT2D eigenvalue weighted by Crippen LogP contribution is 2.17. The molecule has 0 spiro atoms. The van der Waals surface area contributed by atoms with E-state index < -0.39 is 0 Å². The molecule has 2 amide bonds. The van der Waals surface area contributed by atoms with Crippen LogP contribution in [0.4, 0.5) is 5.95 Å². The Hall–Kier alpha value is -1.78. The van der Waals surface area contributed by atoms with Crippen molar-refractivity contribution in [3.05, 3.63) is 17.5 Å². The lowest BCUT2D eigenvalue weighted by molar-refractivity contribution is -0.124. The second-order valence-electron chi connectivity index (χ2n) is 4.26. The average Bonchev–Trinajstić information content (AvgIpc) is 2.15. The lowest BCUT2D eigenvalue weighted by atomic mass is 10.1. The number of carbonyl (C=O) groups excluding carboxylic acids is 2. The summed E-state index contributed by atoms with van der Waals surface area (Å²) < 4.78 is 0. The van der Waals surface area contributed by atoms with Gasteiger partial charge < -0.3 is 0 Å². The van der Waals surface area contributed by atoms with Crippen molar-refractivity contribution >= 4 is 17.8 Å². The maximum Gasteiger partial charge on any atom is 0.239 e. The van der Waals surface area contributed by atoms with E-state index in [1.165, 1.54) is 13.8 Å². The van der Waals surface area contributed by atoms with Gasteiger partial charge in [0.1, 0.15) is 0 Å². The standard InChI is InChI=1S/C12H17N3O2/c1-7(2)11-6-8(3)13-12(14-11)15(9(4)16)10(5)17/h6-7H,1-5H3. The van der Waals surface area contributed by atoms with E-state index in [0.717, 1.165) is 16.3 Å². The van der Waals surface area contributed by atoms with E-state index >= 15 is 0 Å². The Balaban J connectivity index is 3.29. The van der Waals surface area contributed by atoms with E-state index in [2.05, 4.69) is 9.97 Å². The summed E-state index contributed by atoms with van der Waals surface area (Å²) in [5.41, 5.74) is 1.56. The van der Waals surface area contributed by atoms with E-state index in [1.807, 2.05) is 26.8 Å². The molecule has 0 radical (unpaired) electrons. The first-order valence-corrected chi connectivity index (χ1v) is 5.49. The van der Waals surface area contributed by atoms with Gasteiger partial charge in [0.2, 0.25) is 17.8 Å². The van der Waals surface area contributed by atoms with Gasteiger partial charge in [-0.1, -0.05) is 13.8 Å². The number of rotatable bonds is 2. The summed E-state index contributed by atoms with van der Waals surface area (Å²) >= 11 is 0. The minimum Gasteiger partial charge on any atom is -0.274 e. The molecule has 0 aliphatic heterocycles. The van der Waals surface area contributed by atoms with Crippen LogP contribution in [0, 0.1) is 6.92 Å². The quantitative estimate of drug-likeness (QED) is 0.784. The Morgan fingerprint density at radius 1 is 1.18 bits per heavy atom. The first-order chi connectivity index (χ1) is 7.82. The summed E-state index contributed by atoms with van der Waals surface area (Å²) in [6.45, 7) is 8.45. The predicted molar refractivity (Wildman–Crippen MR) is 64.7 cm³/mol. The predicted octanol–water partition coefficient (Wildman–Crippen LogP) is 1.81. The van der Waals surface area contributed by atoms with Crippen molar-refractivity contribution in [1.82, 2.24) is 9.97 Å². The molecular formula is C12H17N3O2. The first-order valence-electron chi connectivity index (χ1n) is 5.49. The second-order valence-corrected chi connectivity index (χ2v) is 4.26. The van der Waals surface area contributed by atoms with Crippen molar-refractivity contribution in [1.29, 1.82) is 0 Å². The fourth-order valence-corrected chi connectivity index (χ4v) is 1.48. The summed E-state index contributed by atoms with van der Waals surface area (Å²) in [5.74, 6) is -0.375. The van der Waals surface area contributed by atoms with Gasteiger partial charge in [-0.3, -0.25) is 9.59 Å². The molecule has 17 heavy (non-hydrogen) atoms. The van der Waals surface area contributed by atoms with E-state index in [-0.39, 0.29) is 23.7 Å². The molecule has 0 fully saturated rings. The monoisotopic (exact) mass is 235 g/mol. The summed E-state index contributed by atoms with van der Waals surface area (Å²) in [6, 6.07) is 1.85. The molecule has 0 atom stereocenters. The topological polar surface area (TPSA) is 63.2 Å². The van der Waals surface area contributed by atoms with Crippen LogP contribution in [0.2, 0.25) is 0 Å². The molecule has 0 unspecified atom stereocenters. The highest BCUT2D eigenvalue weighted by molar-refractivity contribution is 6.11. The Labute approximate surface area is 101 Å². The molecule has 0 aliphatic rings. The Morgan fingerprint density at radius 3 is 2.12 bits per heavy atom. The van der Waals surface area contributed by atoms with Crippen LogP contribution in [0.15, 0.2) is 6.07 Å². The number of aryl methyl sites for hydroxylation is 1. The molecule has 0 saturated carbocycles. The zero-order valence-corrected chi connectivity index (χ0v) is 10.8. The zero-order chi connectivity index (χ0) is 13.2. The van der Waals surface area contributed by atoms with Crippen LogP contribution in [0.3, 0.4) is 0 Å². The van der Waals surface area contributed by atoms with Gasteiger partial charge in [-0.2, -0.15) is 0 Å². The number of aromatic nitrogens is 2. The minimum atomic E-state index is -0.377. The normalized spacial score (nSPS) is 10.5. The molecule has 0 N–H and O–H groups in total. The number of amides is 2. The molecule has 1 heterocycles. The van der Waals surface area contributed by atoms with Crippen molar-refractivity contribution in [2.24, 2.45) is 0 Å². The third kappa shape index (κ3) is 3.09. The van der Waals surface area contributed by atoms with Gasteiger partial charge in [0.15, 0.2) is 0 Å². The molecule has 0 bridgehead atoms. The van der Waals surface area contributed by atoms with Gasteiger partial charge in [0.25, 0.3) is 0 Å². The van der Waals surface area contributed by atoms with Gasteiger partial charge in [-0.15, -0.1) is 0 Å². The largest absolute Gasteiger partial charge is 0.274 e. The Morgan fingerprint density at radius 2 is 1.71 bits per heavy atom. The fourth-order valence-electron chi connectivity index (χ4n) is 1.48. The van der Waals surface area contributed by atoms with Crippen LogP contribution >= 0.6 is 0 Å². The lowest BCUT2D eigenvalue weighted by Crippen LogP contribution is -2.35. The Kier molecular flexibility index (Phi) is 3.93. The van der Waals surface area contributed by atoms with E-state index in [0.29, 0.717) is 0 Å². The molecule has 1 rings (SSSR count). The number of carbonyl (C=O) groups is 2. The van der Waals surface area contributed by atoms with Crippen LogP contribution in [-0.2, 0) is 9.59 Å². The Bertz CT molecular complexity index is 441. The smallest absolute Gasteiger partial charge is 0.239 e. The van der Waals surface area contributed by atoms with Crippen LogP contribution < -0.4 is 4.90 Å². The summed E-state index contributed by atoms with van der Waals surface area (Å²) in [6.07, 6.45) is 0. The molecule has 92 valence electrons. The molecular weight excluding hydrogens is 218 g/mol. The number of imide groups is 1. The number of nitrogens with zero attached hydrogens (tertiary/aromatic N) is 3. The van der Waals surface area contributed by atoms with Gasteiger partial charge in [-0.25, -0.2) is 14.9 Å². The highest BCUT2D eigenvalue weighted by atomic mass is 16.2. The highest BCUT2D eigenvalue weighted by Gasteiger charge is 2.20. The molecule has 1 aromatic rings. The van der Waals surface area contributed by atoms with Crippen molar-refractivity contribution in [3.8, 4) is 0 Å². The maximum atomic E-state index is 11.4. The van der Waals surface area contributed by atoms with Gasteiger partial charge >= 0.3 is 0 Å². The summed E-state index contributed by atoms with van der Waals surface area (Å²) in [5, 5.41) is 0. The fraction of sp³-hybridized carbons (Fsp3) is 0.500. The lowest BCUT2D eigenvalue weighted by Gasteiger charge is -2.17. The van der Waals surface area contributed by atoms with Gasteiger partial charge in [0.05, 0.1) is 0 Å². The van der Waals surface area contributed by atoms with E-state index in [1.54, 1.807) is 0 Å². The van der Waals surface area contributed by atoms with Crippen molar-refractivity contribution in [2.45, 2.75) is 40.5 Å². The number of anilines is 1. The second kappa shape index (κ2) is 5.03.